The van der Waals surface area contributed by atoms with E-state index in [-0.39, 0.29) is 12.3 Å². The summed E-state index contributed by atoms with van der Waals surface area (Å²) in [6.45, 7) is -0.417. The van der Waals surface area contributed by atoms with Crippen LogP contribution < -0.4 is 4.90 Å². The minimum Gasteiger partial charge on any atom is -0.480 e. The van der Waals surface area contributed by atoms with Crippen LogP contribution in [-0.2, 0) is 16.0 Å². The molecular weight excluding hydrogens is 292 g/mol. The topological polar surface area (TPSA) is 70.5 Å². The van der Waals surface area contributed by atoms with Crippen molar-refractivity contribution in [3.63, 3.8) is 0 Å². The molecule has 1 aromatic heterocycles. The van der Waals surface area contributed by atoms with Gasteiger partial charge in [-0.25, -0.2) is 0 Å². The van der Waals surface area contributed by atoms with Gasteiger partial charge in [0.1, 0.15) is 6.54 Å². The first-order valence-corrected chi connectivity index (χ1v) is 6.60. The van der Waals surface area contributed by atoms with Crippen LogP contribution in [-0.4, -0.2) is 28.5 Å². The number of carboxylic acids is 1. The van der Waals surface area contributed by atoms with Gasteiger partial charge in [0.15, 0.2) is 0 Å². The summed E-state index contributed by atoms with van der Waals surface area (Å²) in [6, 6.07) is 10.0. The zero-order valence-electron chi connectivity index (χ0n) is 11.1. The van der Waals surface area contributed by atoms with Gasteiger partial charge in [0.05, 0.1) is 6.42 Å². The molecule has 108 valence electrons. The van der Waals surface area contributed by atoms with Crippen LogP contribution in [0.2, 0.25) is 5.02 Å². The first-order chi connectivity index (χ1) is 10.1. The third-order valence-electron chi connectivity index (χ3n) is 2.79. The molecule has 2 aromatic rings. The van der Waals surface area contributed by atoms with E-state index in [1.807, 2.05) is 0 Å². The van der Waals surface area contributed by atoms with Crippen LogP contribution in [0.5, 0.6) is 0 Å². The highest BCUT2D eigenvalue weighted by Gasteiger charge is 2.19. The summed E-state index contributed by atoms with van der Waals surface area (Å²) < 4.78 is 0. The molecule has 0 saturated heterocycles. The van der Waals surface area contributed by atoms with Crippen LogP contribution in [0.25, 0.3) is 0 Å². The first-order valence-electron chi connectivity index (χ1n) is 6.23. The zero-order valence-corrected chi connectivity index (χ0v) is 11.8. The molecular formula is C15H13ClN2O3. The van der Waals surface area contributed by atoms with Gasteiger partial charge in [-0.3, -0.25) is 14.6 Å². The van der Waals surface area contributed by atoms with Crippen molar-refractivity contribution in [2.45, 2.75) is 6.42 Å². The summed E-state index contributed by atoms with van der Waals surface area (Å²) in [4.78, 5) is 28.5. The lowest BCUT2D eigenvalue weighted by Crippen LogP contribution is -2.36. The lowest BCUT2D eigenvalue weighted by atomic mass is 10.2. The van der Waals surface area contributed by atoms with E-state index in [1.165, 1.54) is 4.90 Å². The number of benzene rings is 1. The van der Waals surface area contributed by atoms with Crippen molar-refractivity contribution in [1.82, 2.24) is 4.98 Å². The van der Waals surface area contributed by atoms with Gasteiger partial charge in [0.2, 0.25) is 5.91 Å². The third kappa shape index (κ3) is 4.29. The molecule has 1 N–H and O–H groups in total. The predicted octanol–water partition coefficient (Wildman–Crippen LogP) is 2.40. The summed E-state index contributed by atoms with van der Waals surface area (Å²) >= 11 is 5.89. The highest BCUT2D eigenvalue weighted by molar-refractivity contribution is 6.30. The number of hydrogen-bond acceptors (Lipinski definition) is 3. The number of carboxylic acid groups (broad SMARTS) is 1. The number of rotatable bonds is 5. The summed E-state index contributed by atoms with van der Waals surface area (Å²) in [6.07, 6.45) is 3.27. The predicted molar refractivity (Wildman–Crippen MR) is 79.4 cm³/mol. The Hall–Kier alpha value is -2.40. The molecule has 5 nitrogen and oxygen atoms in total. The lowest BCUT2D eigenvalue weighted by molar-refractivity contribution is -0.136. The molecule has 0 aliphatic rings. The Balaban J connectivity index is 2.23. The highest BCUT2D eigenvalue weighted by Crippen LogP contribution is 2.20. The highest BCUT2D eigenvalue weighted by atomic mass is 35.5. The van der Waals surface area contributed by atoms with E-state index in [9.17, 15) is 9.59 Å². The van der Waals surface area contributed by atoms with Gasteiger partial charge in [0, 0.05) is 23.1 Å². The first kappa shape index (κ1) is 15.0. The fourth-order valence-corrected chi connectivity index (χ4v) is 2.06. The van der Waals surface area contributed by atoms with Crippen LogP contribution in [0.3, 0.4) is 0 Å². The van der Waals surface area contributed by atoms with E-state index in [0.717, 1.165) is 5.56 Å². The van der Waals surface area contributed by atoms with Crippen molar-refractivity contribution in [1.29, 1.82) is 0 Å². The molecule has 1 amide bonds. The van der Waals surface area contributed by atoms with Crippen molar-refractivity contribution >= 4 is 29.2 Å². The molecule has 0 radical (unpaired) electrons. The second-order valence-corrected chi connectivity index (χ2v) is 4.83. The monoisotopic (exact) mass is 304 g/mol. The molecule has 1 aromatic carbocycles. The van der Waals surface area contributed by atoms with Gasteiger partial charge in [0.25, 0.3) is 0 Å². The average molecular weight is 305 g/mol. The van der Waals surface area contributed by atoms with Crippen molar-refractivity contribution in [2.24, 2.45) is 0 Å². The number of carbonyl (C=O) groups excluding carboxylic acids is 1. The molecule has 0 aliphatic carbocycles. The summed E-state index contributed by atoms with van der Waals surface area (Å²) in [5, 5.41) is 9.43. The average Bonchev–Trinajstić information content (AvgIpc) is 2.45. The molecule has 21 heavy (non-hydrogen) atoms. The molecule has 0 saturated carbocycles. The number of nitrogens with zero attached hydrogens (tertiary/aromatic N) is 2. The smallest absolute Gasteiger partial charge is 0.323 e. The van der Waals surface area contributed by atoms with E-state index in [0.29, 0.717) is 10.7 Å². The van der Waals surface area contributed by atoms with Crippen LogP contribution in [0.15, 0.2) is 48.8 Å². The second kappa shape index (κ2) is 6.85. The number of pyridine rings is 1. The Kier molecular flexibility index (Phi) is 4.90. The Morgan fingerprint density at radius 1 is 1.24 bits per heavy atom. The van der Waals surface area contributed by atoms with Gasteiger partial charge in [-0.1, -0.05) is 23.7 Å². The minimum atomic E-state index is -1.09. The molecule has 0 unspecified atom stereocenters. The SMILES string of the molecule is O=C(O)CN(C(=O)Cc1cccnc1)c1cccc(Cl)c1. The van der Waals surface area contributed by atoms with Gasteiger partial charge in [-0.2, -0.15) is 0 Å². The zero-order chi connectivity index (χ0) is 15.2. The number of aromatic nitrogens is 1. The van der Waals surface area contributed by atoms with Crippen LogP contribution in [0.1, 0.15) is 5.56 Å². The fraction of sp³-hybridized carbons (Fsp3) is 0.133. The molecule has 1 heterocycles. The number of anilines is 1. The van der Waals surface area contributed by atoms with E-state index in [1.54, 1.807) is 48.8 Å². The Morgan fingerprint density at radius 3 is 2.67 bits per heavy atom. The number of amides is 1. The van der Waals surface area contributed by atoms with Crippen LogP contribution >= 0.6 is 11.6 Å². The summed E-state index contributed by atoms with van der Waals surface area (Å²) in [5.74, 6) is -1.41. The molecule has 0 fully saturated rings. The Bertz CT molecular complexity index is 646. The van der Waals surface area contributed by atoms with Gasteiger partial charge < -0.3 is 10.0 Å². The van der Waals surface area contributed by atoms with Crippen molar-refractivity contribution in [3.8, 4) is 0 Å². The molecule has 6 heteroatoms. The lowest BCUT2D eigenvalue weighted by Gasteiger charge is -2.21. The third-order valence-corrected chi connectivity index (χ3v) is 3.03. The van der Waals surface area contributed by atoms with E-state index >= 15 is 0 Å². The van der Waals surface area contributed by atoms with E-state index < -0.39 is 12.5 Å². The second-order valence-electron chi connectivity index (χ2n) is 4.39. The summed E-state index contributed by atoms with van der Waals surface area (Å²) in [5.41, 5.74) is 1.18. The van der Waals surface area contributed by atoms with E-state index in [4.69, 9.17) is 16.7 Å². The van der Waals surface area contributed by atoms with Crippen molar-refractivity contribution < 1.29 is 14.7 Å². The Morgan fingerprint density at radius 2 is 2.05 bits per heavy atom. The summed E-state index contributed by atoms with van der Waals surface area (Å²) in [7, 11) is 0. The minimum absolute atomic E-state index is 0.0770. The largest absolute Gasteiger partial charge is 0.480 e. The van der Waals surface area contributed by atoms with Gasteiger partial charge in [-0.15, -0.1) is 0 Å². The number of carbonyl (C=O) groups is 2. The number of hydrogen-bond donors (Lipinski definition) is 1. The number of halogens is 1. The standard InChI is InChI=1S/C15H13ClN2O3/c16-12-4-1-5-13(8-12)18(10-15(20)21)14(19)7-11-3-2-6-17-9-11/h1-6,8-9H,7,10H2,(H,20,21). The molecule has 0 spiro atoms. The quantitative estimate of drug-likeness (QED) is 0.921. The maximum absolute atomic E-state index is 12.4. The van der Waals surface area contributed by atoms with Crippen LogP contribution in [0, 0.1) is 0 Å². The van der Waals surface area contributed by atoms with Crippen molar-refractivity contribution in [2.75, 3.05) is 11.4 Å². The fourth-order valence-electron chi connectivity index (χ4n) is 1.88. The molecule has 2 rings (SSSR count). The molecule has 0 atom stereocenters. The molecule has 0 bridgehead atoms. The van der Waals surface area contributed by atoms with Crippen LogP contribution in [0.4, 0.5) is 5.69 Å². The Labute approximate surface area is 126 Å². The number of aliphatic carboxylic acids is 1. The van der Waals surface area contributed by atoms with Crippen molar-refractivity contribution in [3.05, 3.63) is 59.4 Å². The maximum atomic E-state index is 12.4. The molecule has 0 aliphatic heterocycles. The maximum Gasteiger partial charge on any atom is 0.323 e. The van der Waals surface area contributed by atoms with Gasteiger partial charge in [-0.05, 0) is 29.8 Å². The van der Waals surface area contributed by atoms with E-state index in [2.05, 4.69) is 4.98 Å². The van der Waals surface area contributed by atoms with Gasteiger partial charge >= 0.3 is 5.97 Å². The normalized spacial score (nSPS) is 10.1.